The molecular formula is C15H22ClNO2. The van der Waals surface area contributed by atoms with Gasteiger partial charge in [0, 0.05) is 18.5 Å². The smallest absolute Gasteiger partial charge is 0.138 e. The Bertz CT molecular complexity index is 448. The molecule has 4 heteroatoms. The lowest BCUT2D eigenvalue weighted by atomic mass is 9.86. The van der Waals surface area contributed by atoms with Crippen LogP contribution in [0.3, 0.4) is 0 Å². The highest BCUT2D eigenvalue weighted by Gasteiger charge is 2.23. The Morgan fingerprint density at radius 1 is 1.47 bits per heavy atom. The molecule has 19 heavy (non-hydrogen) atoms. The van der Waals surface area contributed by atoms with Gasteiger partial charge in [0.25, 0.3) is 0 Å². The molecule has 0 radical (unpaired) electrons. The lowest BCUT2D eigenvalue weighted by molar-refractivity contribution is 0.207. The van der Waals surface area contributed by atoms with Crippen molar-refractivity contribution in [3.63, 3.8) is 0 Å². The number of ether oxygens (including phenoxy) is 1. The molecule has 1 aromatic carbocycles. The van der Waals surface area contributed by atoms with Crippen molar-refractivity contribution in [1.29, 1.82) is 0 Å². The number of hydrogen-bond donors (Lipinski definition) is 1. The van der Waals surface area contributed by atoms with Crippen LogP contribution in [0.4, 0.5) is 0 Å². The molecule has 1 unspecified atom stereocenters. The molecule has 0 bridgehead atoms. The summed E-state index contributed by atoms with van der Waals surface area (Å²) in [5, 5.41) is 10.0. The van der Waals surface area contributed by atoms with Gasteiger partial charge in [0.15, 0.2) is 0 Å². The van der Waals surface area contributed by atoms with Crippen LogP contribution in [0.2, 0.25) is 5.02 Å². The maximum absolute atomic E-state index is 9.39. The molecule has 0 amide bonds. The van der Waals surface area contributed by atoms with Gasteiger partial charge in [-0.2, -0.15) is 0 Å². The predicted molar refractivity (Wildman–Crippen MR) is 78.1 cm³/mol. The van der Waals surface area contributed by atoms with Gasteiger partial charge in [0.2, 0.25) is 0 Å². The average Bonchev–Trinajstić information content (AvgIpc) is 2.77. The van der Waals surface area contributed by atoms with Crippen LogP contribution in [0, 0.1) is 0 Å². The van der Waals surface area contributed by atoms with Gasteiger partial charge in [0.1, 0.15) is 11.9 Å². The summed E-state index contributed by atoms with van der Waals surface area (Å²) in [5.74, 6) is 0.736. The molecule has 1 aliphatic heterocycles. The number of likely N-dealkylation sites (N-methyl/N-ethyl adjacent to an activating group) is 1. The first-order valence-corrected chi connectivity index (χ1v) is 7.06. The number of benzene rings is 1. The third-order valence-electron chi connectivity index (χ3n) is 3.75. The normalized spacial score (nSPS) is 20.8. The van der Waals surface area contributed by atoms with Crippen molar-refractivity contribution in [2.75, 3.05) is 26.7 Å². The average molecular weight is 284 g/mol. The molecule has 0 aliphatic carbocycles. The minimum absolute atomic E-state index is 0.0942. The largest absolute Gasteiger partial charge is 0.487 e. The third kappa shape index (κ3) is 3.41. The van der Waals surface area contributed by atoms with Crippen molar-refractivity contribution in [2.24, 2.45) is 0 Å². The molecule has 0 aromatic heterocycles. The molecule has 0 saturated carbocycles. The lowest BCUT2D eigenvalue weighted by Crippen LogP contribution is -2.23. The highest BCUT2D eigenvalue weighted by molar-refractivity contribution is 6.32. The van der Waals surface area contributed by atoms with Gasteiger partial charge in [-0.1, -0.05) is 31.5 Å². The van der Waals surface area contributed by atoms with Gasteiger partial charge in [-0.15, -0.1) is 0 Å². The highest BCUT2D eigenvalue weighted by Crippen LogP contribution is 2.32. The van der Waals surface area contributed by atoms with Gasteiger partial charge in [-0.25, -0.2) is 0 Å². The van der Waals surface area contributed by atoms with Crippen molar-refractivity contribution in [3.8, 4) is 5.75 Å². The van der Waals surface area contributed by atoms with Gasteiger partial charge in [-0.05, 0) is 31.2 Å². The van der Waals surface area contributed by atoms with Gasteiger partial charge >= 0.3 is 0 Å². The second-order valence-electron chi connectivity index (χ2n) is 5.98. The zero-order chi connectivity index (χ0) is 14.0. The fourth-order valence-electron chi connectivity index (χ4n) is 2.28. The summed E-state index contributed by atoms with van der Waals surface area (Å²) in [6.07, 6.45) is 1.26. The summed E-state index contributed by atoms with van der Waals surface area (Å²) >= 11 is 6.29. The summed E-state index contributed by atoms with van der Waals surface area (Å²) in [5.41, 5.74) is 0.742. The van der Waals surface area contributed by atoms with Crippen LogP contribution in [0.25, 0.3) is 0 Å². The van der Waals surface area contributed by atoms with E-state index in [9.17, 15) is 5.11 Å². The summed E-state index contributed by atoms with van der Waals surface area (Å²) in [6.45, 7) is 6.09. The van der Waals surface area contributed by atoms with E-state index < -0.39 is 0 Å². The van der Waals surface area contributed by atoms with Crippen molar-refractivity contribution in [2.45, 2.75) is 31.8 Å². The van der Waals surface area contributed by atoms with E-state index in [2.05, 4.69) is 11.9 Å². The zero-order valence-electron chi connectivity index (χ0n) is 11.8. The predicted octanol–water partition coefficient (Wildman–Crippen LogP) is 2.69. The highest BCUT2D eigenvalue weighted by atomic mass is 35.5. The van der Waals surface area contributed by atoms with Crippen LogP contribution in [-0.4, -0.2) is 42.9 Å². The molecule has 106 valence electrons. The van der Waals surface area contributed by atoms with Crippen molar-refractivity contribution in [3.05, 3.63) is 28.8 Å². The van der Waals surface area contributed by atoms with Crippen LogP contribution in [0.1, 0.15) is 25.8 Å². The van der Waals surface area contributed by atoms with Gasteiger partial charge in [-0.3, -0.25) is 0 Å². The molecule has 1 saturated heterocycles. The monoisotopic (exact) mass is 283 g/mol. The molecule has 1 fully saturated rings. The second kappa shape index (κ2) is 5.70. The molecule has 1 heterocycles. The van der Waals surface area contributed by atoms with Crippen molar-refractivity contribution in [1.82, 2.24) is 4.90 Å². The van der Waals surface area contributed by atoms with Gasteiger partial charge in [0.05, 0.1) is 11.6 Å². The van der Waals surface area contributed by atoms with Crippen LogP contribution in [0.5, 0.6) is 5.75 Å². The van der Waals surface area contributed by atoms with E-state index in [-0.39, 0.29) is 18.1 Å². The Hall–Kier alpha value is -0.770. The van der Waals surface area contributed by atoms with Crippen molar-refractivity contribution >= 4 is 11.6 Å². The Morgan fingerprint density at radius 3 is 2.74 bits per heavy atom. The van der Waals surface area contributed by atoms with E-state index in [1.54, 1.807) is 0 Å². The Morgan fingerprint density at radius 2 is 2.21 bits per heavy atom. The first kappa shape index (κ1) is 14.6. The van der Waals surface area contributed by atoms with E-state index in [1.165, 1.54) is 0 Å². The summed E-state index contributed by atoms with van der Waals surface area (Å²) in [4.78, 5) is 2.25. The molecule has 1 N–H and O–H groups in total. The number of aliphatic hydroxyl groups excluding tert-OH is 1. The Balaban J connectivity index is 2.11. The molecule has 1 aliphatic rings. The van der Waals surface area contributed by atoms with E-state index >= 15 is 0 Å². The maximum atomic E-state index is 9.39. The number of aliphatic hydroxyl groups is 1. The van der Waals surface area contributed by atoms with Crippen LogP contribution in [0.15, 0.2) is 18.2 Å². The van der Waals surface area contributed by atoms with Crippen LogP contribution in [-0.2, 0) is 5.41 Å². The molecule has 3 nitrogen and oxygen atoms in total. The van der Waals surface area contributed by atoms with Gasteiger partial charge < -0.3 is 14.7 Å². The zero-order valence-corrected chi connectivity index (χ0v) is 12.6. The molecule has 1 atom stereocenters. The second-order valence-corrected chi connectivity index (χ2v) is 6.39. The fourth-order valence-corrected chi connectivity index (χ4v) is 2.50. The topological polar surface area (TPSA) is 32.7 Å². The number of halogens is 1. The molecule has 1 aromatic rings. The van der Waals surface area contributed by atoms with E-state index in [4.69, 9.17) is 16.3 Å². The minimum Gasteiger partial charge on any atom is -0.487 e. The Labute approximate surface area is 120 Å². The standard InChI is InChI=1S/C15H22ClNO2/c1-15(2,10-18)11-4-5-14(13(16)8-11)19-12-6-7-17(3)9-12/h4-5,8,12,18H,6-7,9-10H2,1-3H3. The first-order chi connectivity index (χ1) is 8.92. The first-order valence-electron chi connectivity index (χ1n) is 6.68. The quantitative estimate of drug-likeness (QED) is 0.922. The number of nitrogens with zero attached hydrogens (tertiary/aromatic N) is 1. The number of likely N-dealkylation sites (tertiary alicyclic amines) is 1. The van der Waals surface area contributed by atoms with E-state index in [0.29, 0.717) is 5.02 Å². The molecule has 0 spiro atoms. The SMILES string of the molecule is CN1CCC(Oc2ccc(C(C)(C)CO)cc2Cl)C1. The van der Waals surface area contributed by atoms with E-state index in [1.807, 2.05) is 32.0 Å². The number of rotatable bonds is 4. The van der Waals surface area contributed by atoms with Crippen LogP contribution < -0.4 is 4.74 Å². The molecule has 2 rings (SSSR count). The fraction of sp³-hybridized carbons (Fsp3) is 0.600. The van der Waals surface area contributed by atoms with Crippen molar-refractivity contribution < 1.29 is 9.84 Å². The molecular weight excluding hydrogens is 262 g/mol. The maximum Gasteiger partial charge on any atom is 0.138 e. The number of hydrogen-bond acceptors (Lipinski definition) is 3. The Kier molecular flexibility index (Phi) is 4.39. The minimum atomic E-state index is -0.282. The summed E-state index contributed by atoms with van der Waals surface area (Å²) in [7, 11) is 2.10. The van der Waals surface area contributed by atoms with Crippen LogP contribution >= 0.6 is 11.6 Å². The third-order valence-corrected chi connectivity index (χ3v) is 4.05. The summed E-state index contributed by atoms with van der Waals surface area (Å²) in [6, 6.07) is 5.79. The summed E-state index contributed by atoms with van der Waals surface area (Å²) < 4.78 is 5.94. The van der Waals surface area contributed by atoms with E-state index in [0.717, 1.165) is 30.8 Å². The lowest BCUT2D eigenvalue weighted by Gasteiger charge is -2.23.